The molecule has 4 aromatic rings. The average molecular weight is 320 g/mol. The first-order valence-electron chi connectivity index (χ1n) is 7.39. The molecule has 0 aliphatic rings. The first kappa shape index (κ1) is 14.3. The summed E-state index contributed by atoms with van der Waals surface area (Å²) in [5, 5.41) is 9.80. The first-order chi connectivity index (χ1) is 11.7. The highest BCUT2D eigenvalue weighted by Gasteiger charge is 2.16. The van der Waals surface area contributed by atoms with Gasteiger partial charge < -0.3 is 0 Å². The SMILES string of the molecule is Cn1ccc(-c2nn(-c3cccc(F)c3)c3ccc(C=O)cc23)n1. The Kier molecular flexibility index (Phi) is 3.23. The van der Waals surface area contributed by atoms with Gasteiger partial charge in [0.2, 0.25) is 0 Å². The average Bonchev–Trinajstić information content (AvgIpc) is 3.17. The smallest absolute Gasteiger partial charge is 0.150 e. The number of aromatic nitrogens is 4. The van der Waals surface area contributed by atoms with E-state index in [4.69, 9.17) is 0 Å². The van der Waals surface area contributed by atoms with E-state index in [0.717, 1.165) is 17.2 Å². The van der Waals surface area contributed by atoms with Crippen LogP contribution in [-0.4, -0.2) is 25.8 Å². The molecular weight excluding hydrogens is 307 g/mol. The highest BCUT2D eigenvalue weighted by atomic mass is 19.1. The number of aryl methyl sites for hydroxylation is 1. The van der Waals surface area contributed by atoms with Crippen LogP contribution in [-0.2, 0) is 7.05 Å². The molecule has 2 aromatic heterocycles. The van der Waals surface area contributed by atoms with E-state index in [1.807, 2.05) is 25.4 Å². The summed E-state index contributed by atoms with van der Waals surface area (Å²) in [6.45, 7) is 0. The summed E-state index contributed by atoms with van der Waals surface area (Å²) >= 11 is 0. The lowest BCUT2D eigenvalue weighted by atomic mass is 10.1. The fourth-order valence-corrected chi connectivity index (χ4v) is 2.74. The molecule has 5 nitrogen and oxygen atoms in total. The lowest BCUT2D eigenvalue weighted by Gasteiger charge is -2.03. The van der Waals surface area contributed by atoms with Gasteiger partial charge in [-0.05, 0) is 42.5 Å². The van der Waals surface area contributed by atoms with Gasteiger partial charge in [-0.3, -0.25) is 9.48 Å². The summed E-state index contributed by atoms with van der Waals surface area (Å²) in [7, 11) is 1.83. The minimum absolute atomic E-state index is 0.333. The lowest BCUT2D eigenvalue weighted by molar-refractivity contribution is 0.112. The molecule has 0 spiro atoms. The fourth-order valence-electron chi connectivity index (χ4n) is 2.74. The molecule has 0 saturated carbocycles. The number of fused-ring (bicyclic) bond motifs is 1. The zero-order valence-electron chi connectivity index (χ0n) is 12.8. The number of aldehydes is 1. The number of nitrogens with zero attached hydrogens (tertiary/aromatic N) is 4. The van der Waals surface area contributed by atoms with E-state index in [-0.39, 0.29) is 5.82 Å². The van der Waals surface area contributed by atoms with Crippen molar-refractivity contribution < 1.29 is 9.18 Å². The predicted octanol–water partition coefficient (Wildman–Crippen LogP) is 3.38. The topological polar surface area (TPSA) is 52.7 Å². The third kappa shape index (κ3) is 2.28. The van der Waals surface area contributed by atoms with Crippen molar-refractivity contribution in [3.63, 3.8) is 0 Å². The third-order valence-electron chi connectivity index (χ3n) is 3.85. The van der Waals surface area contributed by atoms with Gasteiger partial charge in [-0.2, -0.15) is 10.2 Å². The molecule has 0 aliphatic carbocycles. The maximum Gasteiger partial charge on any atom is 0.150 e. The molecule has 0 aliphatic heterocycles. The monoisotopic (exact) mass is 320 g/mol. The van der Waals surface area contributed by atoms with Crippen LogP contribution in [0.25, 0.3) is 28.0 Å². The van der Waals surface area contributed by atoms with Crippen molar-refractivity contribution in [3.05, 3.63) is 66.1 Å². The van der Waals surface area contributed by atoms with E-state index in [1.165, 1.54) is 12.1 Å². The molecule has 2 aromatic carbocycles. The molecule has 24 heavy (non-hydrogen) atoms. The molecule has 0 amide bonds. The molecule has 0 saturated heterocycles. The van der Waals surface area contributed by atoms with Crippen molar-refractivity contribution in [3.8, 4) is 17.1 Å². The van der Waals surface area contributed by atoms with Crippen LogP contribution in [0.2, 0.25) is 0 Å². The van der Waals surface area contributed by atoms with E-state index < -0.39 is 0 Å². The Labute approximate surface area is 136 Å². The van der Waals surface area contributed by atoms with Crippen molar-refractivity contribution in [2.75, 3.05) is 0 Å². The van der Waals surface area contributed by atoms with Crippen molar-refractivity contribution >= 4 is 17.2 Å². The molecule has 0 bridgehead atoms. The van der Waals surface area contributed by atoms with Crippen LogP contribution in [0.15, 0.2) is 54.7 Å². The Morgan fingerprint density at radius 2 is 1.96 bits per heavy atom. The fraction of sp³-hybridized carbons (Fsp3) is 0.0556. The number of hydrogen-bond donors (Lipinski definition) is 0. The molecule has 2 heterocycles. The Bertz CT molecular complexity index is 1060. The van der Waals surface area contributed by atoms with Crippen molar-refractivity contribution in [1.29, 1.82) is 0 Å². The van der Waals surface area contributed by atoms with Crippen LogP contribution in [0.5, 0.6) is 0 Å². The number of carbonyl (C=O) groups excluding carboxylic acids is 1. The van der Waals surface area contributed by atoms with Gasteiger partial charge in [0.25, 0.3) is 0 Å². The molecular formula is C18H13FN4O. The Morgan fingerprint density at radius 1 is 1.08 bits per heavy atom. The number of hydrogen-bond acceptors (Lipinski definition) is 3. The quantitative estimate of drug-likeness (QED) is 0.544. The second-order valence-corrected chi connectivity index (χ2v) is 5.51. The van der Waals surface area contributed by atoms with Crippen LogP contribution in [0.3, 0.4) is 0 Å². The van der Waals surface area contributed by atoms with E-state index in [1.54, 1.807) is 33.6 Å². The van der Waals surface area contributed by atoms with E-state index in [0.29, 0.717) is 22.6 Å². The number of rotatable bonds is 3. The van der Waals surface area contributed by atoms with Crippen molar-refractivity contribution in [2.24, 2.45) is 7.05 Å². The lowest BCUT2D eigenvalue weighted by Crippen LogP contribution is -1.97. The van der Waals surface area contributed by atoms with Gasteiger partial charge in [0.15, 0.2) is 0 Å². The summed E-state index contributed by atoms with van der Waals surface area (Å²) in [6.07, 6.45) is 2.62. The number of benzene rings is 2. The van der Waals surface area contributed by atoms with Crippen LogP contribution >= 0.6 is 0 Å². The number of carbonyl (C=O) groups is 1. The summed E-state index contributed by atoms with van der Waals surface area (Å²) in [5.74, 6) is -0.333. The van der Waals surface area contributed by atoms with Crippen LogP contribution in [0.1, 0.15) is 10.4 Å². The van der Waals surface area contributed by atoms with E-state index in [9.17, 15) is 9.18 Å². The van der Waals surface area contributed by atoms with Gasteiger partial charge in [0.05, 0.1) is 11.2 Å². The number of halogens is 1. The van der Waals surface area contributed by atoms with Gasteiger partial charge in [-0.15, -0.1) is 0 Å². The standard InChI is InChI=1S/C18H13FN4O/c1-22-8-7-16(20-22)18-15-9-12(11-24)5-6-17(15)23(21-18)14-4-2-3-13(19)10-14/h2-11H,1H3. The molecule has 6 heteroatoms. The predicted molar refractivity (Wildman–Crippen MR) is 88.6 cm³/mol. The Hall–Kier alpha value is -3.28. The van der Waals surface area contributed by atoms with Crippen LogP contribution in [0.4, 0.5) is 4.39 Å². The summed E-state index contributed by atoms with van der Waals surface area (Å²) < 4.78 is 17.0. The highest BCUT2D eigenvalue weighted by molar-refractivity contribution is 5.96. The molecule has 0 atom stereocenters. The second kappa shape index (κ2) is 5.42. The maximum atomic E-state index is 13.6. The molecule has 118 valence electrons. The second-order valence-electron chi connectivity index (χ2n) is 5.51. The highest BCUT2D eigenvalue weighted by Crippen LogP contribution is 2.29. The molecule has 0 fully saturated rings. The molecule has 0 unspecified atom stereocenters. The minimum atomic E-state index is -0.333. The summed E-state index contributed by atoms with van der Waals surface area (Å²) in [5.41, 5.74) is 3.30. The molecule has 0 radical (unpaired) electrons. The zero-order chi connectivity index (χ0) is 16.7. The molecule has 4 rings (SSSR count). The van der Waals surface area contributed by atoms with E-state index >= 15 is 0 Å². The van der Waals surface area contributed by atoms with Crippen molar-refractivity contribution in [2.45, 2.75) is 0 Å². The third-order valence-corrected chi connectivity index (χ3v) is 3.85. The largest absolute Gasteiger partial charge is 0.298 e. The van der Waals surface area contributed by atoms with Gasteiger partial charge >= 0.3 is 0 Å². The van der Waals surface area contributed by atoms with Gasteiger partial charge in [0.1, 0.15) is 23.5 Å². The minimum Gasteiger partial charge on any atom is -0.298 e. The summed E-state index contributed by atoms with van der Waals surface area (Å²) in [6, 6.07) is 13.4. The van der Waals surface area contributed by atoms with Crippen LogP contribution in [0, 0.1) is 5.82 Å². The van der Waals surface area contributed by atoms with Gasteiger partial charge in [-0.1, -0.05) is 6.07 Å². The Morgan fingerprint density at radius 3 is 2.67 bits per heavy atom. The van der Waals surface area contributed by atoms with Crippen LogP contribution < -0.4 is 0 Å². The normalized spacial score (nSPS) is 11.1. The Balaban J connectivity index is 2.03. The summed E-state index contributed by atoms with van der Waals surface area (Å²) in [4.78, 5) is 11.1. The van der Waals surface area contributed by atoms with Crippen molar-refractivity contribution in [1.82, 2.24) is 19.6 Å². The first-order valence-corrected chi connectivity index (χ1v) is 7.39. The maximum absolute atomic E-state index is 13.6. The van der Waals surface area contributed by atoms with Gasteiger partial charge in [-0.25, -0.2) is 9.07 Å². The van der Waals surface area contributed by atoms with E-state index in [2.05, 4.69) is 10.2 Å². The zero-order valence-corrected chi connectivity index (χ0v) is 12.8. The van der Waals surface area contributed by atoms with Gasteiger partial charge in [0, 0.05) is 24.2 Å². The molecule has 0 N–H and O–H groups in total.